The van der Waals surface area contributed by atoms with E-state index in [0.717, 1.165) is 16.3 Å². The van der Waals surface area contributed by atoms with Gasteiger partial charge in [0.15, 0.2) is 0 Å². The highest BCUT2D eigenvalue weighted by Gasteiger charge is 2.01. The number of thioether (sulfide) groups is 1. The Hall–Kier alpha value is -1.39. The number of nitrogens with zero attached hydrogens (tertiary/aromatic N) is 1. The molecule has 0 aliphatic heterocycles. The fraction of sp³-hybridized carbons (Fsp3) is 0.0769. The van der Waals surface area contributed by atoms with Crippen LogP contribution in [0.25, 0.3) is 0 Å². The molecule has 2 N–H and O–H groups in total. The van der Waals surface area contributed by atoms with Crippen LogP contribution in [-0.2, 0) is 5.75 Å². The average Bonchev–Trinajstić information content (AvgIpc) is 2.38. The predicted molar refractivity (Wildman–Crippen MR) is 76.1 cm³/mol. The maximum absolute atomic E-state index is 5.58. The third-order valence-corrected chi connectivity index (χ3v) is 3.48. The summed E-state index contributed by atoms with van der Waals surface area (Å²) in [6, 6.07) is 14.0. The lowest BCUT2D eigenvalue weighted by Crippen LogP contribution is -2.09. The van der Waals surface area contributed by atoms with E-state index >= 15 is 0 Å². The first-order valence-corrected chi connectivity index (χ1v) is 6.57. The van der Waals surface area contributed by atoms with Gasteiger partial charge in [0, 0.05) is 17.5 Å². The Balaban J connectivity index is 2.04. The lowest BCUT2D eigenvalue weighted by Gasteiger charge is -2.03. The quantitative estimate of drug-likeness (QED) is 0.677. The summed E-state index contributed by atoms with van der Waals surface area (Å²) in [4.78, 5) is 4.70. The summed E-state index contributed by atoms with van der Waals surface area (Å²) in [5.74, 6) is 0.897. The van der Waals surface area contributed by atoms with Crippen molar-refractivity contribution >= 4 is 29.0 Å². The second-order valence-electron chi connectivity index (χ2n) is 3.52. The first kappa shape index (κ1) is 12.1. The van der Waals surface area contributed by atoms with Crippen molar-refractivity contribution in [1.29, 1.82) is 0 Å². The fourth-order valence-corrected chi connectivity index (χ4v) is 2.35. The SMILES string of the molecule is NC(=S)c1ccnc(SCc2ccccc2)c1. The van der Waals surface area contributed by atoms with Crippen molar-refractivity contribution in [2.75, 3.05) is 0 Å². The number of nitrogens with two attached hydrogens (primary N) is 1. The highest BCUT2D eigenvalue weighted by Crippen LogP contribution is 2.21. The Morgan fingerprint density at radius 2 is 2.00 bits per heavy atom. The van der Waals surface area contributed by atoms with Gasteiger partial charge in [-0.1, -0.05) is 42.5 Å². The summed E-state index contributed by atoms with van der Waals surface area (Å²) >= 11 is 6.62. The van der Waals surface area contributed by atoms with Gasteiger partial charge in [0.2, 0.25) is 0 Å². The normalized spacial score (nSPS) is 10.1. The van der Waals surface area contributed by atoms with E-state index in [0.29, 0.717) is 4.99 Å². The molecular formula is C13H12N2S2. The van der Waals surface area contributed by atoms with Crippen LogP contribution in [0.5, 0.6) is 0 Å². The lowest BCUT2D eigenvalue weighted by molar-refractivity contribution is 1.13. The van der Waals surface area contributed by atoms with Gasteiger partial charge in [-0.3, -0.25) is 0 Å². The number of aromatic nitrogens is 1. The molecule has 1 aromatic carbocycles. The van der Waals surface area contributed by atoms with Crippen molar-refractivity contribution in [2.24, 2.45) is 5.73 Å². The van der Waals surface area contributed by atoms with Crippen molar-refractivity contribution < 1.29 is 0 Å². The van der Waals surface area contributed by atoms with E-state index in [1.807, 2.05) is 30.3 Å². The van der Waals surface area contributed by atoms with Crippen LogP contribution >= 0.6 is 24.0 Å². The molecule has 0 atom stereocenters. The molecule has 0 fully saturated rings. The van der Waals surface area contributed by atoms with Crippen molar-refractivity contribution in [2.45, 2.75) is 10.8 Å². The first-order valence-electron chi connectivity index (χ1n) is 5.18. The zero-order chi connectivity index (χ0) is 12.1. The van der Waals surface area contributed by atoms with Crippen LogP contribution in [0.2, 0.25) is 0 Å². The molecule has 2 aromatic rings. The Bertz CT molecular complexity index is 512. The van der Waals surface area contributed by atoms with Gasteiger partial charge in [-0.25, -0.2) is 4.98 Å². The largest absolute Gasteiger partial charge is 0.389 e. The summed E-state index contributed by atoms with van der Waals surface area (Å²) in [6.07, 6.45) is 1.74. The first-order chi connectivity index (χ1) is 8.25. The van der Waals surface area contributed by atoms with Gasteiger partial charge >= 0.3 is 0 Å². The Morgan fingerprint density at radius 1 is 1.24 bits per heavy atom. The van der Waals surface area contributed by atoms with Crippen LogP contribution in [0, 0.1) is 0 Å². The van der Waals surface area contributed by atoms with Gasteiger partial charge < -0.3 is 5.73 Å². The van der Waals surface area contributed by atoms with Crippen molar-refractivity contribution in [3.8, 4) is 0 Å². The Morgan fingerprint density at radius 3 is 2.71 bits per heavy atom. The van der Waals surface area contributed by atoms with Gasteiger partial charge in [0.25, 0.3) is 0 Å². The molecule has 0 bridgehead atoms. The van der Waals surface area contributed by atoms with E-state index < -0.39 is 0 Å². The summed E-state index contributed by atoms with van der Waals surface area (Å²) in [5.41, 5.74) is 7.73. The van der Waals surface area contributed by atoms with Crippen LogP contribution in [-0.4, -0.2) is 9.97 Å². The zero-order valence-corrected chi connectivity index (χ0v) is 10.8. The zero-order valence-electron chi connectivity index (χ0n) is 9.17. The van der Waals surface area contributed by atoms with E-state index in [9.17, 15) is 0 Å². The number of pyridine rings is 1. The van der Waals surface area contributed by atoms with Gasteiger partial charge in [-0.05, 0) is 17.7 Å². The minimum Gasteiger partial charge on any atom is -0.389 e. The molecule has 0 unspecified atom stereocenters. The van der Waals surface area contributed by atoms with Crippen LogP contribution in [0.15, 0.2) is 53.7 Å². The molecule has 0 saturated carbocycles. The molecule has 0 radical (unpaired) electrons. The van der Waals surface area contributed by atoms with Gasteiger partial charge in [-0.15, -0.1) is 11.8 Å². The molecule has 17 heavy (non-hydrogen) atoms. The monoisotopic (exact) mass is 260 g/mol. The van der Waals surface area contributed by atoms with Crippen LogP contribution in [0.4, 0.5) is 0 Å². The molecule has 0 amide bonds. The van der Waals surface area contributed by atoms with Gasteiger partial charge in [-0.2, -0.15) is 0 Å². The molecule has 1 heterocycles. The summed E-state index contributed by atoms with van der Waals surface area (Å²) in [6.45, 7) is 0. The third-order valence-electron chi connectivity index (χ3n) is 2.25. The second-order valence-corrected chi connectivity index (χ2v) is 4.96. The van der Waals surface area contributed by atoms with E-state index in [1.165, 1.54) is 5.56 Å². The maximum atomic E-state index is 5.58. The van der Waals surface area contributed by atoms with E-state index in [-0.39, 0.29) is 0 Å². The summed E-state index contributed by atoms with van der Waals surface area (Å²) in [5, 5.41) is 0.944. The molecule has 2 nitrogen and oxygen atoms in total. The van der Waals surface area contributed by atoms with Crippen LogP contribution in [0.1, 0.15) is 11.1 Å². The standard InChI is InChI=1S/C13H12N2S2/c14-13(16)11-6-7-15-12(8-11)17-9-10-4-2-1-3-5-10/h1-8H,9H2,(H2,14,16). The Kier molecular flexibility index (Phi) is 4.12. The van der Waals surface area contributed by atoms with Crippen LogP contribution < -0.4 is 5.73 Å². The third kappa shape index (κ3) is 3.54. The van der Waals surface area contributed by atoms with Gasteiger partial charge in [0.1, 0.15) is 4.99 Å². The molecular weight excluding hydrogens is 248 g/mol. The van der Waals surface area contributed by atoms with Crippen molar-refractivity contribution in [3.63, 3.8) is 0 Å². The molecule has 2 rings (SSSR count). The smallest absolute Gasteiger partial charge is 0.104 e. The summed E-state index contributed by atoms with van der Waals surface area (Å²) in [7, 11) is 0. The molecule has 86 valence electrons. The molecule has 0 saturated heterocycles. The average molecular weight is 260 g/mol. The van der Waals surface area contributed by atoms with Crippen LogP contribution in [0.3, 0.4) is 0 Å². The Labute approximate surface area is 110 Å². The highest BCUT2D eigenvalue weighted by molar-refractivity contribution is 7.98. The van der Waals surface area contributed by atoms with E-state index in [1.54, 1.807) is 18.0 Å². The van der Waals surface area contributed by atoms with Crippen molar-refractivity contribution in [1.82, 2.24) is 4.98 Å². The molecule has 0 aliphatic rings. The van der Waals surface area contributed by atoms with Crippen molar-refractivity contribution in [3.05, 3.63) is 59.8 Å². The van der Waals surface area contributed by atoms with E-state index in [2.05, 4.69) is 17.1 Å². The minimum atomic E-state index is 0.411. The molecule has 0 aliphatic carbocycles. The van der Waals surface area contributed by atoms with Gasteiger partial charge in [0.05, 0.1) is 5.03 Å². The topological polar surface area (TPSA) is 38.9 Å². The molecule has 4 heteroatoms. The highest BCUT2D eigenvalue weighted by atomic mass is 32.2. The number of hydrogen-bond donors (Lipinski definition) is 1. The number of benzene rings is 1. The lowest BCUT2D eigenvalue weighted by atomic mass is 10.2. The summed E-state index contributed by atoms with van der Waals surface area (Å²) < 4.78 is 0. The minimum absolute atomic E-state index is 0.411. The second kappa shape index (κ2) is 5.80. The maximum Gasteiger partial charge on any atom is 0.104 e. The van der Waals surface area contributed by atoms with E-state index in [4.69, 9.17) is 18.0 Å². The number of hydrogen-bond acceptors (Lipinski definition) is 3. The predicted octanol–water partition coefficient (Wildman–Crippen LogP) is 3.01. The molecule has 1 aromatic heterocycles. The molecule has 0 spiro atoms. The number of rotatable bonds is 4. The fourth-order valence-electron chi connectivity index (χ4n) is 1.37. The number of thiocarbonyl (C=S) groups is 1.